The second-order valence-corrected chi connectivity index (χ2v) is 6.13. The summed E-state index contributed by atoms with van der Waals surface area (Å²) in [5.74, 6) is -4.35. The molecule has 2 heterocycles. The average Bonchev–Trinajstić information content (AvgIpc) is 3.02. The first kappa shape index (κ1) is 20.4. The number of halogens is 1. The minimum absolute atomic E-state index is 0.0393. The molecule has 0 saturated carbocycles. The van der Waals surface area contributed by atoms with Crippen LogP contribution in [0.15, 0.2) is 42.6 Å². The summed E-state index contributed by atoms with van der Waals surface area (Å²) < 4.78 is 28.9. The number of fused-ring (bicyclic) bond motifs is 1. The first-order valence-corrected chi connectivity index (χ1v) is 8.84. The third-order valence-electron chi connectivity index (χ3n) is 4.53. The molecule has 1 aliphatic rings. The molecule has 1 atom stereocenters. The SMILES string of the molecule is CCOC(=O)C(O)(C(=O)OCC)C1(c2ccc(F)cc2)OC(=O)c2ncccc21. The number of ether oxygens (including phenoxy) is 3. The van der Waals surface area contributed by atoms with Crippen molar-refractivity contribution < 1.29 is 38.1 Å². The second-order valence-electron chi connectivity index (χ2n) is 6.13. The zero-order chi connectivity index (χ0) is 21.2. The lowest BCUT2D eigenvalue weighted by Crippen LogP contribution is -2.64. The molecule has 0 fully saturated rings. The van der Waals surface area contributed by atoms with Crippen molar-refractivity contribution in [3.05, 3.63) is 65.2 Å². The van der Waals surface area contributed by atoms with Gasteiger partial charge in [0.25, 0.3) is 0 Å². The zero-order valence-electron chi connectivity index (χ0n) is 15.7. The van der Waals surface area contributed by atoms with Crippen LogP contribution in [-0.2, 0) is 29.4 Å². The number of esters is 3. The Morgan fingerprint density at radius 1 is 1.14 bits per heavy atom. The Labute approximate surface area is 165 Å². The van der Waals surface area contributed by atoms with E-state index in [0.717, 1.165) is 12.1 Å². The van der Waals surface area contributed by atoms with E-state index < -0.39 is 34.9 Å². The van der Waals surface area contributed by atoms with E-state index in [-0.39, 0.29) is 30.0 Å². The van der Waals surface area contributed by atoms with E-state index in [9.17, 15) is 23.9 Å². The lowest BCUT2D eigenvalue weighted by molar-refractivity contribution is -0.207. The minimum Gasteiger partial charge on any atom is -0.463 e. The van der Waals surface area contributed by atoms with Gasteiger partial charge >= 0.3 is 23.5 Å². The molecule has 1 aliphatic heterocycles. The van der Waals surface area contributed by atoms with Crippen LogP contribution in [-0.4, -0.2) is 46.8 Å². The summed E-state index contributed by atoms with van der Waals surface area (Å²) >= 11 is 0. The van der Waals surface area contributed by atoms with Gasteiger partial charge in [0.15, 0.2) is 5.69 Å². The molecule has 0 bridgehead atoms. The number of aromatic nitrogens is 1. The normalized spacial score (nSPS) is 18.0. The van der Waals surface area contributed by atoms with Gasteiger partial charge in [0, 0.05) is 17.3 Å². The van der Waals surface area contributed by atoms with E-state index in [1.165, 1.54) is 44.3 Å². The monoisotopic (exact) mass is 403 g/mol. The molecule has 1 unspecified atom stereocenters. The summed E-state index contributed by atoms with van der Waals surface area (Å²) in [5.41, 5.74) is -5.80. The van der Waals surface area contributed by atoms with Gasteiger partial charge in [-0.3, -0.25) is 0 Å². The number of hydrogen-bond acceptors (Lipinski definition) is 8. The first-order valence-electron chi connectivity index (χ1n) is 8.84. The van der Waals surface area contributed by atoms with Crippen LogP contribution in [0.25, 0.3) is 0 Å². The van der Waals surface area contributed by atoms with Crippen LogP contribution in [0.3, 0.4) is 0 Å². The molecule has 1 N–H and O–H groups in total. The molecule has 152 valence electrons. The van der Waals surface area contributed by atoms with E-state index >= 15 is 0 Å². The van der Waals surface area contributed by atoms with Crippen LogP contribution in [0, 0.1) is 5.82 Å². The Kier molecular flexibility index (Phi) is 5.34. The first-order chi connectivity index (χ1) is 13.8. The van der Waals surface area contributed by atoms with Gasteiger partial charge < -0.3 is 19.3 Å². The van der Waals surface area contributed by atoms with Crippen molar-refractivity contribution in [2.24, 2.45) is 0 Å². The fourth-order valence-electron chi connectivity index (χ4n) is 3.31. The zero-order valence-corrected chi connectivity index (χ0v) is 15.7. The van der Waals surface area contributed by atoms with Gasteiger partial charge in [-0.05, 0) is 32.0 Å². The summed E-state index contributed by atoms with van der Waals surface area (Å²) in [6, 6.07) is 7.27. The standard InChI is InChI=1S/C20H18FNO7/c1-3-27-17(24)19(26,18(25)28-4-2)20(12-7-9-13(21)10-8-12)14-6-5-11-22-15(14)16(23)29-20/h5-11,26H,3-4H2,1-2H3. The van der Waals surface area contributed by atoms with Crippen LogP contribution >= 0.6 is 0 Å². The highest BCUT2D eigenvalue weighted by molar-refractivity contribution is 6.08. The van der Waals surface area contributed by atoms with E-state index in [2.05, 4.69) is 4.98 Å². The number of benzene rings is 1. The molecule has 0 spiro atoms. The summed E-state index contributed by atoms with van der Waals surface area (Å²) in [7, 11) is 0. The number of hydrogen-bond donors (Lipinski definition) is 1. The molecular weight excluding hydrogens is 385 g/mol. The molecule has 0 amide bonds. The van der Waals surface area contributed by atoms with Crippen molar-refractivity contribution in [3.63, 3.8) is 0 Å². The Hall–Kier alpha value is -3.33. The third-order valence-corrected chi connectivity index (χ3v) is 4.53. The summed E-state index contributed by atoms with van der Waals surface area (Å²) in [4.78, 5) is 42.2. The Balaban J connectivity index is 2.38. The molecule has 8 nitrogen and oxygen atoms in total. The quantitative estimate of drug-likeness (QED) is 0.439. The number of aliphatic hydroxyl groups is 1. The van der Waals surface area contributed by atoms with Crippen molar-refractivity contribution >= 4 is 17.9 Å². The molecular formula is C20H18FNO7. The summed E-state index contributed by atoms with van der Waals surface area (Å²) in [6.07, 6.45) is 1.31. The fraction of sp³-hybridized carbons (Fsp3) is 0.300. The highest BCUT2D eigenvalue weighted by Gasteiger charge is 2.71. The van der Waals surface area contributed by atoms with Crippen LogP contribution in [0.5, 0.6) is 0 Å². The number of carbonyl (C=O) groups is 3. The maximum atomic E-state index is 13.6. The molecule has 0 aliphatic carbocycles. The smallest absolute Gasteiger partial charge is 0.358 e. The maximum Gasteiger partial charge on any atom is 0.358 e. The van der Waals surface area contributed by atoms with Crippen LogP contribution < -0.4 is 0 Å². The van der Waals surface area contributed by atoms with Gasteiger partial charge in [-0.2, -0.15) is 0 Å². The minimum atomic E-state index is -3.11. The number of carbonyl (C=O) groups excluding carboxylic acids is 3. The second kappa shape index (κ2) is 7.59. The van der Waals surface area contributed by atoms with Crippen molar-refractivity contribution in [1.82, 2.24) is 4.98 Å². The molecule has 0 radical (unpaired) electrons. The third kappa shape index (κ3) is 2.94. The van der Waals surface area contributed by atoms with Crippen LogP contribution in [0.4, 0.5) is 4.39 Å². The number of nitrogens with zero attached hydrogens (tertiary/aromatic N) is 1. The highest BCUT2D eigenvalue weighted by atomic mass is 19.1. The molecule has 0 saturated heterocycles. The number of rotatable bonds is 6. The van der Waals surface area contributed by atoms with E-state index in [1.807, 2.05) is 0 Å². The van der Waals surface area contributed by atoms with Crippen LogP contribution in [0.2, 0.25) is 0 Å². The molecule has 29 heavy (non-hydrogen) atoms. The Bertz CT molecular complexity index is 942. The van der Waals surface area contributed by atoms with Gasteiger partial charge in [0.2, 0.25) is 5.60 Å². The number of pyridine rings is 1. The summed E-state index contributed by atoms with van der Waals surface area (Å²) in [5, 5.41) is 11.5. The Morgan fingerprint density at radius 3 is 2.28 bits per heavy atom. The Morgan fingerprint density at radius 2 is 1.72 bits per heavy atom. The van der Waals surface area contributed by atoms with E-state index in [4.69, 9.17) is 14.2 Å². The van der Waals surface area contributed by atoms with Crippen molar-refractivity contribution in [3.8, 4) is 0 Å². The topological polar surface area (TPSA) is 112 Å². The van der Waals surface area contributed by atoms with Crippen molar-refractivity contribution in [2.45, 2.75) is 25.0 Å². The molecule has 1 aromatic heterocycles. The lowest BCUT2D eigenvalue weighted by atomic mass is 9.73. The fourth-order valence-corrected chi connectivity index (χ4v) is 3.31. The van der Waals surface area contributed by atoms with Crippen molar-refractivity contribution in [2.75, 3.05) is 13.2 Å². The number of cyclic esters (lactones) is 1. The highest BCUT2D eigenvalue weighted by Crippen LogP contribution is 2.49. The van der Waals surface area contributed by atoms with E-state index in [1.54, 1.807) is 0 Å². The predicted octanol–water partition coefficient (Wildman–Crippen LogP) is 1.49. The molecule has 3 rings (SSSR count). The molecule has 1 aromatic carbocycles. The van der Waals surface area contributed by atoms with Gasteiger partial charge in [-0.25, -0.2) is 23.8 Å². The lowest BCUT2D eigenvalue weighted by Gasteiger charge is -2.39. The average molecular weight is 403 g/mol. The van der Waals surface area contributed by atoms with Gasteiger partial charge in [0.1, 0.15) is 5.82 Å². The van der Waals surface area contributed by atoms with Crippen molar-refractivity contribution in [1.29, 1.82) is 0 Å². The van der Waals surface area contributed by atoms with Crippen LogP contribution in [0.1, 0.15) is 35.5 Å². The molecule has 2 aromatic rings. The van der Waals surface area contributed by atoms with Gasteiger partial charge in [-0.1, -0.05) is 18.2 Å². The van der Waals surface area contributed by atoms with Gasteiger partial charge in [0.05, 0.1) is 13.2 Å². The van der Waals surface area contributed by atoms with E-state index in [0.29, 0.717) is 0 Å². The predicted molar refractivity (Wildman–Crippen MR) is 95.0 cm³/mol. The summed E-state index contributed by atoms with van der Waals surface area (Å²) in [6.45, 7) is 2.61. The van der Waals surface area contributed by atoms with Gasteiger partial charge in [-0.15, -0.1) is 0 Å². The maximum absolute atomic E-state index is 13.6. The largest absolute Gasteiger partial charge is 0.463 e. The molecule has 9 heteroatoms.